The lowest BCUT2D eigenvalue weighted by molar-refractivity contribution is 0.317. The van der Waals surface area contributed by atoms with Crippen molar-refractivity contribution in [1.29, 1.82) is 0 Å². The van der Waals surface area contributed by atoms with Crippen LogP contribution < -0.4 is 4.74 Å². The van der Waals surface area contributed by atoms with Gasteiger partial charge >= 0.3 is 0 Å². The van der Waals surface area contributed by atoms with Gasteiger partial charge in [-0.3, -0.25) is 0 Å². The minimum Gasteiger partial charge on any atom is -0.494 e. The summed E-state index contributed by atoms with van der Waals surface area (Å²) < 4.78 is 5.57. The number of alkyl halides is 1. The van der Waals surface area contributed by atoms with E-state index in [-0.39, 0.29) is 0 Å². The smallest absolute Gasteiger partial charge is 0.119 e. The van der Waals surface area contributed by atoms with Crippen LogP contribution in [0.2, 0.25) is 0 Å². The first kappa shape index (κ1) is 12.9. The number of benzene rings is 1. The molecule has 1 saturated carbocycles. The highest BCUT2D eigenvalue weighted by Gasteiger charge is 2.28. The molecule has 0 bridgehead atoms. The fraction of sp³-hybridized carbons (Fsp3) is 0.600. The Kier molecular flexibility index (Phi) is 4.90. The van der Waals surface area contributed by atoms with Crippen LogP contribution >= 0.6 is 15.9 Å². The van der Waals surface area contributed by atoms with E-state index in [1.165, 1.54) is 31.2 Å². The van der Waals surface area contributed by atoms with Crippen LogP contribution in [-0.4, -0.2) is 11.4 Å². The van der Waals surface area contributed by atoms with Crippen LogP contribution in [0.15, 0.2) is 24.3 Å². The average molecular weight is 297 g/mol. The number of halogens is 1. The first-order chi connectivity index (χ1) is 8.29. The van der Waals surface area contributed by atoms with Crippen molar-refractivity contribution in [3.63, 3.8) is 0 Å². The SMILES string of the molecule is CCCOc1ccc(CCC(Br)C2CC2)cc1. The number of ether oxygens (including phenoxy) is 1. The molecule has 0 N–H and O–H groups in total. The number of rotatable bonds is 7. The predicted octanol–water partition coefficient (Wildman–Crippen LogP) is 4.58. The van der Waals surface area contributed by atoms with Gasteiger partial charge < -0.3 is 4.74 Å². The number of hydrogen-bond donors (Lipinski definition) is 0. The van der Waals surface area contributed by atoms with Crippen molar-refractivity contribution >= 4 is 15.9 Å². The third kappa shape index (κ3) is 4.34. The van der Waals surface area contributed by atoms with Crippen molar-refractivity contribution in [3.05, 3.63) is 29.8 Å². The van der Waals surface area contributed by atoms with Crippen molar-refractivity contribution < 1.29 is 4.74 Å². The van der Waals surface area contributed by atoms with E-state index in [2.05, 4.69) is 47.1 Å². The Balaban J connectivity index is 1.76. The van der Waals surface area contributed by atoms with Crippen LogP contribution in [0.3, 0.4) is 0 Å². The number of hydrogen-bond acceptors (Lipinski definition) is 1. The van der Waals surface area contributed by atoms with Gasteiger partial charge in [0.25, 0.3) is 0 Å². The summed E-state index contributed by atoms with van der Waals surface area (Å²) in [6.07, 6.45) is 6.31. The third-order valence-electron chi connectivity index (χ3n) is 3.24. The fourth-order valence-electron chi connectivity index (χ4n) is 1.97. The standard InChI is InChI=1S/C15H21BrO/c1-2-11-17-14-8-3-12(4-9-14)5-10-15(16)13-6-7-13/h3-4,8-9,13,15H,2,5-7,10-11H2,1H3. The molecule has 1 nitrogen and oxygen atoms in total. The third-order valence-corrected chi connectivity index (χ3v) is 4.44. The van der Waals surface area contributed by atoms with Gasteiger partial charge in [-0.25, -0.2) is 0 Å². The van der Waals surface area contributed by atoms with Gasteiger partial charge in [0.1, 0.15) is 5.75 Å². The number of aryl methyl sites for hydroxylation is 1. The van der Waals surface area contributed by atoms with Gasteiger partial charge in [0.2, 0.25) is 0 Å². The summed E-state index contributed by atoms with van der Waals surface area (Å²) in [5.74, 6) is 1.94. The molecule has 1 aromatic carbocycles. The van der Waals surface area contributed by atoms with E-state index in [1.807, 2.05) is 0 Å². The second kappa shape index (κ2) is 6.44. The highest BCUT2D eigenvalue weighted by atomic mass is 79.9. The lowest BCUT2D eigenvalue weighted by Crippen LogP contribution is -2.02. The van der Waals surface area contributed by atoms with Crippen molar-refractivity contribution in [3.8, 4) is 5.75 Å². The minimum absolute atomic E-state index is 0.721. The molecule has 2 rings (SSSR count). The topological polar surface area (TPSA) is 9.23 Å². The molecule has 0 radical (unpaired) electrons. The molecule has 1 aromatic rings. The average Bonchev–Trinajstić information content (AvgIpc) is 3.19. The zero-order chi connectivity index (χ0) is 12.1. The minimum atomic E-state index is 0.721. The molecule has 1 aliphatic rings. The maximum Gasteiger partial charge on any atom is 0.119 e. The molecule has 0 spiro atoms. The Morgan fingerprint density at radius 2 is 2.00 bits per heavy atom. The van der Waals surface area contributed by atoms with Crippen LogP contribution in [0.1, 0.15) is 38.2 Å². The van der Waals surface area contributed by atoms with Gasteiger partial charge in [-0.1, -0.05) is 35.0 Å². The highest BCUT2D eigenvalue weighted by Crippen LogP contribution is 2.38. The molecule has 2 heteroatoms. The Labute approximate surface area is 113 Å². The van der Waals surface area contributed by atoms with Gasteiger partial charge in [-0.2, -0.15) is 0 Å². The Bertz CT molecular complexity index is 329. The molecule has 1 unspecified atom stereocenters. The zero-order valence-electron chi connectivity index (χ0n) is 10.5. The van der Waals surface area contributed by atoms with Gasteiger partial charge in [0.15, 0.2) is 0 Å². The largest absolute Gasteiger partial charge is 0.494 e. The van der Waals surface area contributed by atoms with E-state index in [4.69, 9.17) is 4.74 Å². The van der Waals surface area contributed by atoms with E-state index in [1.54, 1.807) is 0 Å². The molecule has 0 amide bonds. The molecular weight excluding hydrogens is 276 g/mol. The predicted molar refractivity (Wildman–Crippen MR) is 76.0 cm³/mol. The molecule has 0 aromatic heterocycles. The van der Waals surface area contributed by atoms with Crippen LogP contribution in [0.5, 0.6) is 5.75 Å². The summed E-state index contributed by atoms with van der Waals surface area (Å²) in [5.41, 5.74) is 1.42. The molecular formula is C15H21BrO. The molecule has 0 heterocycles. The lowest BCUT2D eigenvalue weighted by atomic mass is 10.1. The van der Waals surface area contributed by atoms with Crippen LogP contribution in [0.25, 0.3) is 0 Å². The van der Waals surface area contributed by atoms with Crippen LogP contribution in [-0.2, 0) is 6.42 Å². The normalized spacial score (nSPS) is 16.8. The van der Waals surface area contributed by atoms with Gasteiger partial charge in [0, 0.05) is 4.83 Å². The van der Waals surface area contributed by atoms with E-state index >= 15 is 0 Å². The summed E-state index contributed by atoms with van der Waals surface area (Å²) in [6, 6.07) is 8.56. The van der Waals surface area contributed by atoms with Crippen molar-refractivity contribution in [1.82, 2.24) is 0 Å². The van der Waals surface area contributed by atoms with Crippen LogP contribution in [0.4, 0.5) is 0 Å². The van der Waals surface area contributed by atoms with Gasteiger partial charge in [-0.15, -0.1) is 0 Å². The maximum absolute atomic E-state index is 5.57. The van der Waals surface area contributed by atoms with Gasteiger partial charge in [0.05, 0.1) is 6.61 Å². The molecule has 0 saturated heterocycles. The quantitative estimate of drug-likeness (QED) is 0.669. The van der Waals surface area contributed by atoms with Crippen molar-refractivity contribution in [2.75, 3.05) is 6.61 Å². The van der Waals surface area contributed by atoms with Crippen LogP contribution in [0, 0.1) is 5.92 Å². The maximum atomic E-state index is 5.57. The molecule has 0 aliphatic heterocycles. The summed E-state index contributed by atoms with van der Waals surface area (Å²) in [5, 5.41) is 0. The van der Waals surface area contributed by atoms with Crippen molar-refractivity contribution in [2.45, 2.75) is 43.9 Å². The first-order valence-electron chi connectivity index (χ1n) is 6.65. The Hall–Kier alpha value is -0.500. The molecule has 1 atom stereocenters. The summed E-state index contributed by atoms with van der Waals surface area (Å²) in [6.45, 7) is 2.94. The second-order valence-corrected chi connectivity index (χ2v) is 6.06. The zero-order valence-corrected chi connectivity index (χ0v) is 12.1. The first-order valence-corrected chi connectivity index (χ1v) is 7.57. The van der Waals surface area contributed by atoms with E-state index < -0.39 is 0 Å². The van der Waals surface area contributed by atoms with E-state index in [9.17, 15) is 0 Å². The fourth-order valence-corrected chi connectivity index (χ4v) is 2.73. The summed E-state index contributed by atoms with van der Waals surface area (Å²) in [4.78, 5) is 0.721. The highest BCUT2D eigenvalue weighted by molar-refractivity contribution is 9.09. The Morgan fingerprint density at radius 3 is 2.59 bits per heavy atom. The molecule has 1 fully saturated rings. The van der Waals surface area contributed by atoms with E-state index in [0.717, 1.165) is 29.5 Å². The lowest BCUT2D eigenvalue weighted by Gasteiger charge is -2.09. The summed E-state index contributed by atoms with van der Waals surface area (Å²) in [7, 11) is 0. The monoisotopic (exact) mass is 296 g/mol. The molecule has 94 valence electrons. The van der Waals surface area contributed by atoms with E-state index in [0.29, 0.717) is 0 Å². The van der Waals surface area contributed by atoms with Gasteiger partial charge in [-0.05, 0) is 55.7 Å². The summed E-state index contributed by atoms with van der Waals surface area (Å²) >= 11 is 3.79. The molecule has 17 heavy (non-hydrogen) atoms. The molecule has 1 aliphatic carbocycles. The second-order valence-electron chi connectivity index (χ2n) is 4.88. The van der Waals surface area contributed by atoms with Crippen molar-refractivity contribution in [2.24, 2.45) is 5.92 Å². The Morgan fingerprint density at radius 1 is 1.29 bits per heavy atom.